The van der Waals surface area contributed by atoms with E-state index in [1.165, 1.54) is 0 Å². The Morgan fingerprint density at radius 2 is 1.36 bits per heavy atom. The SMILES string of the molecule is CCO[P+](C)(O)OCC.Fc1cccc(F)c1F.O=S(=O)=O. The summed E-state index contributed by atoms with van der Waals surface area (Å²) in [5.41, 5.74) is 0. The van der Waals surface area contributed by atoms with E-state index >= 15 is 0 Å². The lowest BCUT2D eigenvalue weighted by Crippen LogP contribution is -1.99. The van der Waals surface area contributed by atoms with Crippen LogP contribution in [0.3, 0.4) is 0 Å². The van der Waals surface area contributed by atoms with Gasteiger partial charge in [0.2, 0.25) is 0 Å². The van der Waals surface area contributed by atoms with E-state index in [1.54, 1.807) is 6.66 Å². The molecule has 0 aliphatic carbocycles. The molecule has 1 aromatic carbocycles. The van der Waals surface area contributed by atoms with Crippen LogP contribution in [-0.2, 0) is 19.7 Å². The molecular formula is C11H17F3O6PS+. The molecule has 11 heteroatoms. The Balaban J connectivity index is 0. The molecule has 128 valence electrons. The van der Waals surface area contributed by atoms with Gasteiger partial charge in [0.25, 0.3) is 0 Å². The van der Waals surface area contributed by atoms with Crippen molar-refractivity contribution in [2.75, 3.05) is 19.9 Å². The molecule has 1 N–H and O–H groups in total. The summed E-state index contributed by atoms with van der Waals surface area (Å²) in [7, 11) is -5.55. The minimum atomic E-state index is -3.11. The number of halogens is 3. The van der Waals surface area contributed by atoms with Gasteiger partial charge in [0.05, 0.1) is 13.2 Å². The summed E-state index contributed by atoms with van der Waals surface area (Å²) in [5.74, 6) is -3.73. The normalized spacial score (nSPS) is 9.95. The largest absolute Gasteiger partial charge is 0.425 e. The Kier molecular flexibility index (Phi) is 13.2. The van der Waals surface area contributed by atoms with E-state index in [-0.39, 0.29) is 0 Å². The van der Waals surface area contributed by atoms with Crippen molar-refractivity contribution < 1.29 is 39.7 Å². The van der Waals surface area contributed by atoms with Gasteiger partial charge in [0, 0.05) is 0 Å². The van der Waals surface area contributed by atoms with E-state index in [9.17, 15) is 18.1 Å². The zero-order valence-corrected chi connectivity index (χ0v) is 13.8. The maximum absolute atomic E-state index is 12.0. The van der Waals surface area contributed by atoms with Gasteiger partial charge in [-0.05, 0) is 26.0 Å². The van der Waals surface area contributed by atoms with Crippen molar-refractivity contribution in [3.05, 3.63) is 35.7 Å². The van der Waals surface area contributed by atoms with Gasteiger partial charge in [0.15, 0.2) is 17.5 Å². The van der Waals surface area contributed by atoms with Crippen molar-refractivity contribution in [3.8, 4) is 0 Å². The summed E-state index contributed by atoms with van der Waals surface area (Å²) in [6.45, 7) is 6.24. The van der Waals surface area contributed by atoms with Gasteiger partial charge < -0.3 is 0 Å². The molecule has 6 nitrogen and oxygen atoms in total. The van der Waals surface area contributed by atoms with Crippen LogP contribution in [0, 0.1) is 17.5 Å². The molecule has 0 spiro atoms. The molecular weight excluding hydrogens is 348 g/mol. The van der Waals surface area contributed by atoms with Crippen LogP contribution in [0.4, 0.5) is 13.2 Å². The standard InChI is InChI=1S/C6H3F3.C5H14O3P.O3S/c7-4-2-1-3-5(8)6(4)9;1-4-7-9(3,6)8-5-2;1-4(2)3/h1-3H;6H,4-5H2,1-3H3;/q;+1;. The van der Waals surface area contributed by atoms with Crippen molar-refractivity contribution in [3.63, 3.8) is 0 Å². The van der Waals surface area contributed by atoms with E-state index in [0.717, 1.165) is 18.2 Å². The van der Waals surface area contributed by atoms with Crippen LogP contribution in [0.5, 0.6) is 0 Å². The second kappa shape index (κ2) is 12.5. The second-order valence-corrected chi connectivity index (χ2v) is 5.91. The van der Waals surface area contributed by atoms with Gasteiger partial charge in [-0.25, -0.2) is 13.2 Å². The smallest absolute Gasteiger partial charge is 0.204 e. The van der Waals surface area contributed by atoms with Gasteiger partial charge in [0.1, 0.15) is 6.66 Å². The number of benzene rings is 1. The van der Waals surface area contributed by atoms with Gasteiger partial charge in [-0.3, -0.25) is 0 Å². The second-order valence-electron chi connectivity index (χ2n) is 3.38. The molecule has 0 saturated carbocycles. The summed E-state index contributed by atoms with van der Waals surface area (Å²) >= 11 is 0. The van der Waals surface area contributed by atoms with Crippen LogP contribution in [0.25, 0.3) is 0 Å². The molecule has 0 saturated heterocycles. The van der Waals surface area contributed by atoms with E-state index in [4.69, 9.17) is 21.7 Å². The predicted molar refractivity (Wildman–Crippen MR) is 74.3 cm³/mol. The van der Waals surface area contributed by atoms with Crippen molar-refractivity contribution in [1.29, 1.82) is 0 Å². The molecule has 0 radical (unpaired) electrons. The Bertz CT molecular complexity index is 503. The first-order chi connectivity index (χ1) is 10.1. The third kappa shape index (κ3) is 13.9. The third-order valence-electron chi connectivity index (χ3n) is 1.64. The molecule has 0 atom stereocenters. The van der Waals surface area contributed by atoms with Crippen LogP contribution >= 0.6 is 7.94 Å². The van der Waals surface area contributed by atoms with Crippen LogP contribution < -0.4 is 0 Å². The minimum Gasteiger partial charge on any atom is -0.204 e. The molecule has 0 fully saturated rings. The Morgan fingerprint density at radius 1 is 1.05 bits per heavy atom. The minimum absolute atomic E-state index is 0.501. The fourth-order valence-corrected chi connectivity index (χ4v) is 2.03. The lowest BCUT2D eigenvalue weighted by molar-refractivity contribution is 0.195. The quantitative estimate of drug-likeness (QED) is 0.652. The van der Waals surface area contributed by atoms with Crippen molar-refractivity contribution in [2.45, 2.75) is 13.8 Å². The van der Waals surface area contributed by atoms with E-state index in [0.29, 0.717) is 13.2 Å². The monoisotopic (exact) mass is 365 g/mol. The molecule has 0 heterocycles. The molecule has 0 aliphatic heterocycles. The van der Waals surface area contributed by atoms with Gasteiger partial charge >= 0.3 is 18.6 Å². The highest BCUT2D eigenvalue weighted by Crippen LogP contribution is 2.52. The van der Waals surface area contributed by atoms with Gasteiger partial charge in [-0.2, -0.15) is 13.9 Å². The summed E-state index contributed by atoms with van der Waals surface area (Å²) in [6.07, 6.45) is 0. The summed E-state index contributed by atoms with van der Waals surface area (Å²) in [6, 6.07) is 2.82. The fourth-order valence-electron chi connectivity index (χ4n) is 0.994. The average molecular weight is 365 g/mol. The van der Waals surface area contributed by atoms with Crippen molar-refractivity contribution in [2.24, 2.45) is 0 Å². The number of rotatable bonds is 4. The maximum Gasteiger partial charge on any atom is 0.425 e. The molecule has 22 heavy (non-hydrogen) atoms. The van der Waals surface area contributed by atoms with E-state index in [1.807, 2.05) is 13.8 Å². The topological polar surface area (TPSA) is 89.9 Å². The highest BCUT2D eigenvalue weighted by atomic mass is 32.2. The van der Waals surface area contributed by atoms with Crippen molar-refractivity contribution in [1.82, 2.24) is 0 Å². The van der Waals surface area contributed by atoms with E-state index in [2.05, 4.69) is 0 Å². The first-order valence-electron chi connectivity index (χ1n) is 5.81. The predicted octanol–water partition coefficient (Wildman–Crippen LogP) is 2.54. The maximum atomic E-state index is 12.0. The van der Waals surface area contributed by atoms with Gasteiger partial charge in [-0.15, -0.1) is 12.6 Å². The lowest BCUT2D eigenvalue weighted by atomic mass is 10.3. The third-order valence-corrected chi connectivity index (χ3v) is 3.12. The summed E-state index contributed by atoms with van der Waals surface area (Å²) < 4.78 is 71.1. The molecule has 0 aliphatic rings. The number of hydrogen-bond donors (Lipinski definition) is 1. The highest BCUT2D eigenvalue weighted by molar-refractivity contribution is 7.59. The van der Waals surface area contributed by atoms with Crippen LogP contribution in [0.15, 0.2) is 18.2 Å². The summed E-state index contributed by atoms with van der Waals surface area (Å²) in [4.78, 5) is 9.18. The zero-order chi connectivity index (χ0) is 17.8. The lowest BCUT2D eigenvalue weighted by Gasteiger charge is -2.09. The summed E-state index contributed by atoms with van der Waals surface area (Å²) in [5, 5.41) is 0. The molecule has 1 aromatic rings. The molecule has 1 rings (SSSR count). The van der Waals surface area contributed by atoms with Crippen LogP contribution in [0.2, 0.25) is 0 Å². The molecule has 0 amide bonds. The first-order valence-corrected chi connectivity index (χ1v) is 8.84. The van der Waals surface area contributed by atoms with Gasteiger partial charge in [-0.1, -0.05) is 6.07 Å². The number of hydrogen-bond acceptors (Lipinski definition) is 6. The molecule has 0 unspecified atom stereocenters. The van der Waals surface area contributed by atoms with Crippen LogP contribution in [0.1, 0.15) is 13.8 Å². The first kappa shape index (κ1) is 23.2. The Labute approximate surface area is 128 Å². The average Bonchev–Trinajstić information content (AvgIpc) is 2.35. The van der Waals surface area contributed by atoms with Crippen LogP contribution in [-0.4, -0.2) is 37.4 Å². The molecule has 0 bridgehead atoms. The van der Waals surface area contributed by atoms with E-state index < -0.39 is 36.0 Å². The van der Waals surface area contributed by atoms with Crippen molar-refractivity contribution >= 4 is 18.6 Å². The highest BCUT2D eigenvalue weighted by Gasteiger charge is 2.31. The fraction of sp³-hybridized carbons (Fsp3) is 0.455. The molecule has 0 aromatic heterocycles. The zero-order valence-electron chi connectivity index (χ0n) is 12.1. The Hall–Kier alpha value is -1.06. The Morgan fingerprint density at radius 3 is 1.59 bits per heavy atom.